The molecule has 112 valence electrons. The summed E-state index contributed by atoms with van der Waals surface area (Å²) in [5.41, 5.74) is 0.927. The van der Waals surface area contributed by atoms with Crippen LogP contribution >= 0.6 is 11.6 Å². The van der Waals surface area contributed by atoms with Crippen molar-refractivity contribution in [2.75, 3.05) is 4.72 Å². The molecule has 2 aromatic rings. The van der Waals surface area contributed by atoms with E-state index in [2.05, 4.69) is 4.72 Å². The lowest BCUT2D eigenvalue weighted by Crippen LogP contribution is -2.14. The first-order valence-corrected chi connectivity index (χ1v) is 7.88. The number of hydrogen-bond donors (Lipinski definition) is 2. The first kappa shape index (κ1) is 15.8. The molecule has 0 radical (unpaired) electrons. The summed E-state index contributed by atoms with van der Waals surface area (Å²) >= 11 is 5.89. The summed E-state index contributed by atoms with van der Waals surface area (Å²) in [5, 5.41) is 9.09. The summed E-state index contributed by atoms with van der Waals surface area (Å²) in [6, 6.07) is 8.20. The Morgan fingerprint density at radius 3 is 2.57 bits per heavy atom. The van der Waals surface area contributed by atoms with Crippen LogP contribution in [0.4, 0.5) is 10.1 Å². The molecular weight excluding hydrogens is 317 g/mol. The van der Waals surface area contributed by atoms with Crippen molar-refractivity contribution in [3.8, 4) is 0 Å². The summed E-state index contributed by atoms with van der Waals surface area (Å²) in [7, 11) is -3.97. The molecule has 0 aliphatic heterocycles. The molecule has 0 bridgehead atoms. The van der Waals surface area contributed by atoms with Gasteiger partial charge in [0.05, 0.1) is 17.3 Å². The first-order chi connectivity index (χ1) is 9.83. The maximum Gasteiger partial charge on any atom is 0.263 e. The predicted molar refractivity (Wildman–Crippen MR) is 79.3 cm³/mol. The van der Waals surface area contributed by atoms with E-state index in [1.807, 2.05) is 0 Å². The van der Waals surface area contributed by atoms with Crippen LogP contribution in [0.3, 0.4) is 0 Å². The monoisotopic (exact) mass is 329 g/mol. The topological polar surface area (TPSA) is 66.4 Å². The third-order valence-electron chi connectivity index (χ3n) is 2.89. The molecule has 0 saturated carbocycles. The Labute approximate surface area is 127 Å². The molecule has 0 aliphatic rings. The highest BCUT2D eigenvalue weighted by atomic mass is 35.5. The first-order valence-electron chi connectivity index (χ1n) is 6.02. The van der Waals surface area contributed by atoms with Crippen molar-refractivity contribution in [3.05, 3.63) is 58.4 Å². The molecule has 4 nitrogen and oxygen atoms in total. The second kappa shape index (κ2) is 6.01. The molecular formula is C14H13ClFNO3S. The Balaban J connectivity index is 2.40. The average Bonchev–Trinajstić information content (AvgIpc) is 2.43. The number of halogens is 2. The number of aliphatic hydroxyl groups excluding tert-OH is 1. The Kier molecular flexibility index (Phi) is 4.51. The molecule has 0 aromatic heterocycles. The largest absolute Gasteiger partial charge is 0.392 e. The number of anilines is 1. The van der Waals surface area contributed by atoms with Crippen LogP contribution in [-0.4, -0.2) is 13.5 Å². The zero-order valence-electron chi connectivity index (χ0n) is 11.1. The van der Waals surface area contributed by atoms with Crippen molar-refractivity contribution < 1.29 is 17.9 Å². The van der Waals surface area contributed by atoms with E-state index in [9.17, 15) is 12.8 Å². The number of sulfonamides is 1. The highest BCUT2D eigenvalue weighted by Gasteiger charge is 2.19. The van der Waals surface area contributed by atoms with Crippen LogP contribution in [0.15, 0.2) is 41.3 Å². The summed E-state index contributed by atoms with van der Waals surface area (Å²) in [4.78, 5) is -0.170. The molecule has 0 aliphatic carbocycles. The summed E-state index contributed by atoms with van der Waals surface area (Å²) in [6.45, 7) is 1.27. The average molecular weight is 330 g/mol. The van der Waals surface area contributed by atoms with Crippen molar-refractivity contribution in [1.82, 2.24) is 0 Å². The number of nitrogens with one attached hydrogen (secondary N) is 1. The highest BCUT2D eigenvalue weighted by Crippen LogP contribution is 2.25. The van der Waals surface area contributed by atoms with Gasteiger partial charge in [-0.05, 0) is 42.3 Å². The van der Waals surface area contributed by atoms with Crippen LogP contribution < -0.4 is 4.72 Å². The molecule has 0 saturated heterocycles. The van der Waals surface area contributed by atoms with Gasteiger partial charge in [-0.3, -0.25) is 4.72 Å². The van der Waals surface area contributed by atoms with Crippen LogP contribution in [0, 0.1) is 12.7 Å². The molecule has 0 unspecified atom stereocenters. The van der Waals surface area contributed by atoms with Gasteiger partial charge in [0.25, 0.3) is 10.0 Å². The lowest BCUT2D eigenvalue weighted by molar-refractivity contribution is 0.281. The zero-order chi connectivity index (χ0) is 15.6. The molecule has 2 aromatic carbocycles. The molecule has 0 amide bonds. The minimum absolute atomic E-state index is 0.0206. The molecule has 0 spiro atoms. The van der Waals surface area contributed by atoms with Gasteiger partial charge in [0.1, 0.15) is 10.7 Å². The van der Waals surface area contributed by atoms with Gasteiger partial charge in [-0.25, -0.2) is 12.8 Å². The van der Waals surface area contributed by atoms with E-state index in [0.717, 1.165) is 6.07 Å². The fourth-order valence-corrected chi connectivity index (χ4v) is 3.32. The molecule has 0 fully saturated rings. The van der Waals surface area contributed by atoms with E-state index in [-0.39, 0.29) is 22.2 Å². The summed E-state index contributed by atoms with van der Waals surface area (Å²) in [5.74, 6) is -0.509. The fourth-order valence-electron chi connectivity index (χ4n) is 1.72. The minimum Gasteiger partial charge on any atom is -0.392 e. The van der Waals surface area contributed by atoms with E-state index in [0.29, 0.717) is 11.1 Å². The maximum atomic E-state index is 13.5. The van der Waals surface area contributed by atoms with Gasteiger partial charge in [0, 0.05) is 0 Å². The molecule has 0 atom stereocenters. The number of hydrogen-bond acceptors (Lipinski definition) is 3. The normalized spacial score (nSPS) is 11.4. The second-order valence-electron chi connectivity index (χ2n) is 4.49. The van der Waals surface area contributed by atoms with Crippen LogP contribution in [-0.2, 0) is 16.6 Å². The lowest BCUT2D eigenvalue weighted by atomic mass is 10.2. The SMILES string of the molecule is Cc1ccc(NS(=O)(=O)c2cc(CO)ccc2Cl)cc1F. The van der Waals surface area contributed by atoms with Crippen molar-refractivity contribution in [1.29, 1.82) is 0 Å². The molecule has 2 rings (SSSR count). The van der Waals surface area contributed by atoms with Crippen LogP contribution in [0.5, 0.6) is 0 Å². The number of aliphatic hydroxyl groups is 1. The Bertz CT molecular complexity index is 778. The van der Waals surface area contributed by atoms with Gasteiger partial charge < -0.3 is 5.11 Å². The van der Waals surface area contributed by atoms with Gasteiger partial charge in [0.15, 0.2) is 0 Å². The van der Waals surface area contributed by atoms with E-state index in [1.54, 1.807) is 6.92 Å². The Hall–Kier alpha value is -1.63. The van der Waals surface area contributed by atoms with Crippen LogP contribution in [0.1, 0.15) is 11.1 Å². The molecule has 2 N–H and O–H groups in total. The predicted octanol–water partition coefficient (Wildman–Crippen LogP) is 3.08. The van der Waals surface area contributed by atoms with Crippen LogP contribution in [0.25, 0.3) is 0 Å². The van der Waals surface area contributed by atoms with Gasteiger partial charge in [-0.2, -0.15) is 0 Å². The lowest BCUT2D eigenvalue weighted by Gasteiger charge is -2.11. The number of rotatable bonds is 4. The zero-order valence-corrected chi connectivity index (χ0v) is 12.7. The highest BCUT2D eigenvalue weighted by molar-refractivity contribution is 7.92. The van der Waals surface area contributed by atoms with Crippen molar-refractivity contribution in [2.45, 2.75) is 18.4 Å². The van der Waals surface area contributed by atoms with Gasteiger partial charge in [0.2, 0.25) is 0 Å². The minimum atomic E-state index is -3.97. The van der Waals surface area contributed by atoms with E-state index in [4.69, 9.17) is 16.7 Å². The Morgan fingerprint density at radius 2 is 1.95 bits per heavy atom. The van der Waals surface area contributed by atoms with E-state index in [1.165, 1.54) is 30.3 Å². The fraction of sp³-hybridized carbons (Fsp3) is 0.143. The van der Waals surface area contributed by atoms with Gasteiger partial charge >= 0.3 is 0 Å². The third kappa shape index (κ3) is 3.53. The van der Waals surface area contributed by atoms with Gasteiger partial charge in [-0.1, -0.05) is 23.7 Å². The van der Waals surface area contributed by atoms with Gasteiger partial charge in [-0.15, -0.1) is 0 Å². The van der Waals surface area contributed by atoms with E-state index >= 15 is 0 Å². The van der Waals surface area contributed by atoms with E-state index < -0.39 is 15.8 Å². The molecule has 0 heterocycles. The quantitative estimate of drug-likeness (QED) is 0.906. The van der Waals surface area contributed by atoms with Crippen molar-refractivity contribution >= 4 is 27.3 Å². The molecule has 7 heteroatoms. The van der Waals surface area contributed by atoms with Crippen molar-refractivity contribution in [2.24, 2.45) is 0 Å². The molecule has 21 heavy (non-hydrogen) atoms. The Morgan fingerprint density at radius 1 is 1.24 bits per heavy atom. The van der Waals surface area contributed by atoms with Crippen molar-refractivity contribution in [3.63, 3.8) is 0 Å². The summed E-state index contributed by atoms with van der Waals surface area (Å²) < 4.78 is 40.3. The smallest absolute Gasteiger partial charge is 0.263 e. The number of benzene rings is 2. The number of aryl methyl sites for hydroxylation is 1. The standard InChI is InChI=1S/C14H13ClFNO3S/c1-9-2-4-11(7-13(9)16)17-21(19,20)14-6-10(8-18)3-5-12(14)15/h2-7,17-18H,8H2,1H3. The van der Waals surface area contributed by atoms with Crippen LogP contribution in [0.2, 0.25) is 5.02 Å². The summed E-state index contributed by atoms with van der Waals surface area (Å²) in [6.07, 6.45) is 0. The second-order valence-corrected chi connectivity index (χ2v) is 6.55. The maximum absolute atomic E-state index is 13.5. The third-order valence-corrected chi connectivity index (χ3v) is 4.75.